The Morgan fingerprint density at radius 3 is 2.20 bits per heavy atom. The van der Waals surface area contributed by atoms with Crippen LogP contribution < -0.4 is 16.4 Å². The molecule has 0 spiro atoms. The fourth-order valence-electron chi connectivity index (χ4n) is 1.66. The molecule has 20 heavy (non-hydrogen) atoms. The van der Waals surface area contributed by atoms with E-state index in [9.17, 15) is 5.26 Å². The Balaban J connectivity index is 2.98. The number of hydrogen-bond acceptors (Lipinski definition) is 7. The van der Waals surface area contributed by atoms with Crippen LogP contribution in [0, 0.1) is 18.3 Å². The molecular weight excluding hydrogens is 258 g/mol. The van der Waals surface area contributed by atoms with Crippen molar-refractivity contribution in [1.29, 1.82) is 5.26 Å². The number of nitrogens with one attached hydrogen (secondary N) is 2. The molecule has 1 aromatic heterocycles. The molecule has 0 radical (unpaired) electrons. The highest BCUT2D eigenvalue weighted by atomic mass is 16.5. The van der Waals surface area contributed by atoms with Crippen molar-refractivity contribution in [2.45, 2.75) is 6.92 Å². The van der Waals surface area contributed by atoms with Gasteiger partial charge in [-0.3, -0.25) is 0 Å². The van der Waals surface area contributed by atoms with Crippen LogP contribution in [-0.4, -0.2) is 45.5 Å². The number of ether oxygens (including phenoxy) is 2. The highest BCUT2D eigenvalue weighted by molar-refractivity contribution is 5.74. The van der Waals surface area contributed by atoms with Crippen LogP contribution >= 0.6 is 0 Å². The highest BCUT2D eigenvalue weighted by Crippen LogP contribution is 2.28. The van der Waals surface area contributed by atoms with Crippen LogP contribution in [0.25, 0.3) is 0 Å². The largest absolute Gasteiger partial charge is 0.395 e. The molecule has 0 saturated carbocycles. The Morgan fingerprint density at radius 1 is 1.15 bits per heavy atom. The molecule has 110 valence electrons. The monoisotopic (exact) mass is 279 g/mol. The van der Waals surface area contributed by atoms with Gasteiger partial charge in [-0.25, -0.2) is 4.98 Å². The summed E-state index contributed by atoms with van der Waals surface area (Å²) in [7, 11) is 3.24. The number of pyridine rings is 1. The van der Waals surface area contributed by atoms with E-state index in [-0.39, 0.29) is 0 Å². The van der Waals surface area contributed by atoms with Gasteiger partial charge in [0, 0.05) is 27.3 Å². The lowest BCUT2D eigenvalue weighted by atomic mass is 10.1. The fraction of sp³-hybridized carbons (Fsp3) is 0.538. The first-order valence-corrected chi connectivity index (χ1v) is 6.31. The van der Waals surface area contributed by atoms with Crippen LogP contribution in [0.4, 0.5) is 17.3 Å². The summed E-state index contributed by atoms with van der Waals surface area (Å²) >= 11 is 0. The van der Waals surface area contributed by atoms with E-state index in [1.807, 2.05) is 0 Å². The van der Waals surface area contributed by atoms with Gasteiger partial charge < -0.3 is 25.8 Å². The maximum absolute atomic E-state index is 9.23. The Kier molecular flexibility index (Phi) is 6.56. The maximum Gasteiger partial charge on any atom is 0.152 e. The number of nitrogen functional groups attached to an aromatic ring is 1. The van der Waals surface area contributed by atoms with Gasteiger partial charge in [-0.1, -0.05) is 0 Å². The second-order valence-electron chi connectivity index (χ2n) is 4.17. The number of nitrogens with zero attached hydrogens (tertiary/aromatic N) is 2. The lowest BCUT2D eigenvalue weighted by Gasteiger charge is -2.15. The standard InChI is InChI=1S/C13H21N5O2/c1-9-10(8-14)12(16-4-6-19-2)18-13(11(9)15)17-5-7-20-3/h4-7,15H2,1-3H3,(H2,16,17,18). The molecule has 0 bridgehead atoms. The van der Waals surface area contributed by atoms with E-state index in [1.165, 1.54) is 0 Å². The van der Waals surface area contributed by atoms with Crippen molar-refractivity contribution < 1.29 is 9.47 Å². The van der Waals surface area contributed by atoms with Crippen LogP contribution in [-0.2, 0) is 9.47 Å². The third-order valence-corrected chi connectivity index (χ3v) is 2.80. The molecule has 0 aliphatic rings. The Labute approximate surface area is 119 Å². The van der Waals surface area contributed by atoms with Gasteiger partial charge in [0.15, 0.2) is 5.82 Å². The van der Waals surface area contributed by atoms with Crippen molar-refractivity contribution in [2.75, 3.05) is 56.9 Å². The van der Waals surface area contributed by atoms with E-state index in [2.05, 4.69) is 21.7 Å². The van der Waals surface area contributed by atoms with Gasteiger partial charge in [0.2, 0.25) is 0 Å². The molecule has 0 atom stereocenters. The number of hydrogen-bond donors (Lipinski definition) is 3. The SMILES string of the molecule is COCCNc1nc(NCCOC)c(C#N)c(C)c1N. The zero-order valence-corrected chi connectivity index (χ0v) is 12.1. The normalized spacial score (nSPS) is 10.1. The molecule has 0 aliphatic heterocycles. The summed E-state index contributed by atoms with van der Waals surface area (Å²) in [5.41, 5.74) is 7.64. The minimum atomic E-state index is 0.455. The highest BCUT2D eigenvalue weighted by Gasteiger charge is 2.14. The summed E-state index contributed by atoms with van der Waals surface area (Å²) in [5.74, 6) is 1.06. The van der Waals surface area contributed by atoms with Crippen molar-refractivity contribution in [1.82, 2.24) is 4.98 Å². The number of nitriles is 1. The summed E-state index contributed by atoms with van der Waals surface area (Å²) in [6.45, 7) is 4.04. The van der Waals surface area contributed by atoms with Gasteiger partial charge in [-0.15, -0.1) is 0 Å². The van der Waals surface area contributed by atoms with Crippen LogP contribution in [0.3, 0.4) is 0 Å². The summed E-state index contributed by atoms with van der Waals surface area (Å²) in [5, 5.41) is 15.4. The van der Waals surface area contributed by atoms with Gasteiger partial charge in [0.25, 0.3) is 0 Å². The Hall–Kier alpha value is -2.04. The second-order valence-corrected chi connectivity index (χ2v) is 4.17. The molecule has 0 unspecified atom stereocenters. The maximum atomic E-state index is 9.23. The van der Waals surface area contributed by atoms with Crippen molar-refractivity contribution in [3.05, 3.63) is 11.1 Å². The minimum absolute atomic E-state index is 0.455. The molecule has 0 saturated heterocycles. The average Bonchev–Trinajstić information content (AvgIpc) is 2.45. The van der Waals surface area contributed by atoms with E-state index in [0.717, 1.165) is 0 Å². The molecule has 7 heteroatoms. The summed E-state index contributed by atoms with van der Waals surface area (Å²) < 4.78 is 9.94. The van der Waals surface area contributed by atoms with Crippen molar-refractivity contribution >= 4 is 17.3 Å². The molecule has 7 nitrogen and oxygen atoms in total. The third-order valence-electron chi connectivity index (χ3n) is 2.80. The average molecular weight is 279 g/mol. The summed E-state index contributed by atoms with van der Waals surface area (Å²) in [6.07, 6.45) is 0. The quantitative estimate of drug-likeness (QED) is 0.609. The van der Waals surface area contributed by atoms with E-state index in [4.69, 9.17) is 15.2 Å². The molecule has 0 aromatic carbocycles. The van der Waals surface area contributed by atoms with Gasteiger partial charge in [0.1, 0.15) is 11.9 Å². The van der Waals surface area contributed by atoms with E-state index in [0.29, 0.717) is 54.8 Å². The molecule has 1 rings (SSSR count). The number of nitrogens with two attached hydrogens (primary N) is 1. The zero-order valence-electron chi connectivity index (χ0n) is 12.1. The van der Waals surface area contributed by atoms with Crippen molar-refractivity contribution in [3.8, 4) is 6.07 Å². The number of anilines is 3. The number of aromatic nitrogens is 1. The lowest BCUT2D eigenvalue weighted by Crippen LogP contribution is -2.16. The van der Waals surface area contributed by atoms with Crippen LogP contribution in [0.15, 0.2) is 0 Å². The Bertz CT molecular complexity index is 485. The van der Waals surface area contributed by atoms with E-state index >= 15 is 0 Å². The first kappa shape index (κ1) is 16.0. The minimum Gasteiger partial charge on any atom is -0.395 e. The molecule has 4 N–H and O–H groups in total. The van der Waals surface area contributed by atoms with Crippen LogP contribution in [0.1, 0.15) is 11.1 Å². The molecule has 0 aliphatic carbocycles. The van der Waals surface area contributed by atoms with Gasteiger partial charge in [0.05, 0.1) is 24.5 Å². The summed E-state index contributed by atoms with van der Waals surface area (Å²) in [6, 6.07) is 2.13. The predicted octanol–water partition coefficient (Wildman–Crippen LogP) is 0.960. The first-order valence-electron chi connectivity index (χ1n) is 6.31. The second kappa shape index (κ2) is 8.19. The molecule has 0 amide bonds. The van der Waals surface area contributed by atoms with E-state index in [1.54, 1.807) is 21.1 Å². The van der Waals surface area contributed by atoms with Gasteiger partial charge in [-0.2, -0.15) is 5.26 Å². The lowest BCUT2D eigenvalue weighted by molar-refractivity contribution is 0.210. The molecule has 1 aromatic rings. The first-order chi connectivity index (χ1) is 9.65. The molecule has 1 heterocycles. The fourth-order valence-corrected chi connectivity index (χ4v) is 1.66. The molecule has 0 fully saturated rings. The van der Waals surface area contributed by atoms with Crippen molar-refractivity contribution in [3.63, 3.8) is 0 Å². The van der Waals surface area contributed by atoms with Crippen molar-refractivity contribution in [2.24, 2.45) is 0 Å². The van der Waals surface area contributed by atoms with Gasteiger partial charge >= 0.3 is 0 Å². The summed E-state index contributed by atoms with van der Waals surface area (Å²) in [4.78, 5) is 4.37. The third kappa shape index (κ3) is 3.98. The topological polar surface area (TPSA) is 105 Å². The van der Waals surface area contributed by atoms with Crippen LogP contribution in [0.2, 0.25) is 0 Å². The van der Waals surface area contributed by atoms with E-state index < -0.39 is 0 Å². The predicted molar refractivity (Wildman–Crippen MR) is 78.8 cm³/mol. The molecular formula is C13H21N5O2. The van der Waals surface area contributed by atoms with Gasteiger partial charge in [-0.05, 0) is 12.5 Å². The number of methoxy groups -OCH3 is 2. The zero-order chi connectivity index (χ0) is 15.0. The number of rotatable bonds is 8. The smallest absolute Gasteiger partial charge is 0.152 e. The Morgan fingerprint density at radius 2 is 1.70 bits per heavy atom. The van der Waals surface area contributed by atoms with Crippen LogP contribution in [0.5, 0.6) is 0 Å².